The number of para-hydroxylation sites is 1. The fourth-order valence-corrected chi connectivity index (χ4v) is 1.68. The summed E-state index contributed by atoms with van der Waals surface area (Å²) in [5.74, 6) is -0.977. The number of nitrogens with zero attached hydrogens (tertiary/aromatic N) is 1. The molecule has 0 saturated carbocycles. The molecule has 0 aliphatic carbocycles. The van der Waals surface area contributed by atoms with Crippen LogP contribution in [-0.4, -0.2) is 17.4 Å². The van der Waals surface area contributed by atoms with E-state index in [-0.39, 0.29) is 13.1 Å². The van der Waals surface area contributed by atoms with Crippen LogP contribution < -0.4 is 10.6 Å². The van der Waals surface area contributed by atoms with Gasteiger partial charge in [-0.05, 0) is 12.1 Å². The lowest BCUT2D eigenvalue weighted by Crippen LogP contribution is -2.28. The normalized spacial score (nSPS) is 10.6. The van der Waals surface area contributed by atoms with Gasteiger partial charge >= 0.3 is 0 Å². The summed E-state index contributed by atoms with van der Waals surface area (Å²) in [7, 11) is 0. The highest BCUT2D eigenvalue weighted by Crippen LogP contribution is 2.17. The van der Waals surface area contributed by atoms with E-state index in [9.17, 15) is 13.6 Å². The Morgan fingerprint density at radius 2 is 2.05 bits per heavy atom. The second kappa shape index (κ2) is 6.94. The summed E-state index contributed by atoms with van der Waals surface area (Å²) >= 11 is 0. The maximum Gasteiger partial charge on any atom is 0.238 e. The number of anilines is 1. The monoisotopic (exact) mass is 295 g/mol. The van der Waals surface area contributed by atoms with E-state index in [1.54, 1.807) is 6.20 Å². The van der Waals surface area contributed by atoms with Gasteiger partial charge in [-0.3, -0.25) is 10.1 Å². The number of amides is 1. The van der Waals surface area contributed by atoms with Crippen molar-refractivity contribution >= 4 is 11.6 Å². The Morgan fingerprint density at radius 3 is 2.67 bits per heavy atom. The lowest BCUT2D eigenvalue weighted by molar-refractivity contribution is -0.115. The Morgan fingerprint density at radius 1 is 1.33 bits per heavy atom. The SMILES string of the molecule is CCc1cnc(CNCC(=O)Nc2c(F)cccc2F)o1. The Labute approximate surface area is 120 Å². The maximum atomic E-state index is 13.3. The molecule has 7 heteroatoms. The molecule has 1 aromatic carbocycles. The Hall–Kier alpha value is -2.28. The first-order valence-electron chi connectivity index (χ1n) is 6.48. The third-order valence-corrected chi connectivity index (χ3v) is 2.74. The van der Waals surface area contributed by atoms with Gasteiger partial charge in [0, 0.05) is 6.42 Å². The minimum absolute atomic E-state index is 0.113. The number of hydrogen-bond donors (Lipinski definition) is 2. The number of nitrogens with one attached hydrogen (secondary N) is 2. The summed E-state index contributed by atoms with van der Waals surface area (Å²) in [6.07, 6.45) is 2.35. The zero-order chi connectivity index (χ0) is 15.2. The smallest absolute Gasteiger partial charge is 0.238 e. The Kier molecular flexibility index (Phi) is 4.99. The molecule has 0 aliphatic rings. The summed E-state index contributed by atoms with van der Waals surface area (Å²) in [5, 5.41) is 4.96. The molecule has 21 heavy (non-hydrogen) atoms. The summed E-state index contributed by atoms with van der Waals surface area (Å²) in [6.45, 7) is 2.08. The van der Waals surface area contributed by atoms with Gasteiger partial charge in [-0.1, -0.05) is 13.0 Å². The van der Waals surface area contributed by atoms with Crippen molar-refractivity contribution in [1.82, 2.24) is 10.3 Å². The van der Waals surface area contributed by atoms with Crippen molar-refractivity contribution in [1.29, 1.82) is 0 Å². The fourth-order valence-electron chi connectivity index (χ4n) is 1.68. The molecule has 2 N–H and O–H groups in total. The molecule has 0 aliphatic heterocycles. The number of aryl methyl sites for hydroxylation is 1. The van der Waals surface area contributed by atoms with Gasteiger partial charge in [0.25, 0.3) is 0 Å². The zero-order valence-corrected chi connectivity index (χ0v) is 11.5. The molecule has 2 rings (SSSR count). The minimum Gasteiger partial charge on any atom is -0.444 e. The van der Waals surface area contributed by atoms with Crippen LogP contribution in [0.2, 0.25) is 0 Å². The summed E-state index contributed by atoms with van der Waals surface area (Å²) in [5.41, 5.74) is -0.450. The number of aromatic nitrogens is 1. The summed E-state index contributed by atoms with van der Waals surface area (Å²) in [4.78, 5) is 15.6. The molecular weight excluding hydrogens is 280 g/mol. The highest BCUT2D eigenvalue weighted by Gasteiger charge is 2.11. The van der Waals surface area contributed by atoms with Crippen LogP contribution in [0, 0.1) is 11.6 Å². The molecule has 1 heterocycles. The Balaban J connectivity index is 1.82. The quantitative estimate of drug-likeness (QED) is 0.857. The third-order valence-electron chi connectivity index (χ3n) is 2.74. The highest BCUT2D eigenvalue weighted by atomic mass is 19.1. The lowest BCUT2D eigenvalue weighted by Gasteiger charge is -2.07. The van der Waals surface area contributed by atoms with Crippen molar-refractivity contribution < 1.29 is 18.0 Å². The van der Waals surface area contributed by atoms with Crippen molar-refractivity contribution in [3.05, 3.63) is 47.7 Å². The van der Waals surface area contributed by atoms with Gasteiger partial charge in [0.15, 0.2) is 0 Å². The van der Waals surface area contributed by atoms with Gasteiger partial charge in [0.2, 0.25) is 11.8 Å². The molecule has 2 aromatic rings. The Bertz CT molecular complexity index is 608. The van der Waals surface area contributed by atoms with Gasteiger partial charge in [-0.2, -0.15) is 0 Å². The number of carbonyl (C=O) groups is 1. The third kappa shape index (κ3) is 4.09. The van der Waals surface area contributed by atoms with Crippen LogP contribution in [0.3, 0.4) is 0 Å². The molecule has 0 saturated heterocycles. The van der Waals surface area contributed by atoms with Gasteiger partial charge in [0.05, 0.1) is 19.3 Å². The van der Waals surface area contributed by atoms with Crippen molar-refractivity contribution in [3.8, 4) is 0 Å². The first kappa shape index (κ1) is 15.1. The van der Waals surface area contributed by atoms with E-state index >= 15 is 0 Å². The number of carbonyl (C=O) groups excluding carboxylic acids is 1. The first-order chi connectivity index (χ1) is 10.1. The van der Waals surface area contributed by atoms with E-state index in [4.69, 9.17) is 4.42 Å². The predicted molar refractivity (Wildman–Crippen MR) is 72.6 cm³/mol. The molecule has 0 radical (unpaired) electrons. The van der Waals surface area contributed by atoms with E-state index in [0.717, 1.165) is 24.3 Å². The van der Waals surface area contributed by atoms with Gasteiger partial charge in [-0.25, -0.2) is 13.8 Å². The zero-order valence-electron chi connectivity index (χ0n) is 11.5. The molecule has 5 nitrogen and oxygen atoms in total. The average Bonchev–Trinajstić information content (AvgIpc) is 2.91. The van der Waals surface area contributed by atoms with E-state index in [2.05, 4.69) is 15.6 Å². The number of hydrogen-bond acceptors (Lipinski definition) is 4. The maximum absolute atomic E-state index is 13.3. The molecule has 112 valence electrons. The van der Waals surface area contributed by atoms with Crippen molar-refractivity contribution in [2.75, 3.05) is 11.9 Å². The van der Waals surface area contributed by atoms with Crippen LogP contribution >= 0.6 is 0 Å². The van der Waals surface area contributed by atoms with Crippen LogP contribution in [0.15, 0.2) is 28.8 Å². The first-order valence-corrected chi connectivity index (χ1v) is 6.48. The molecule has 0 bridgehead atoms. The van der Waals surface area contributed by atoms with Crippen molar-refractivity contribution in [2.45, 2.75) is 19.9 Å². The molecule has 0 atom stereocenters. The predicted octanol–water partition coefficient (Wildman–Crippen LogP) is 2.24. The van der Waals surface area contributed by atoms with E-state index in [0.29, 0.717) is 5.89 Å². The number of halogens is 2. The molecule has 1 aromatic heterocycles. The van der Waals surface area contributed by atoms with E-state index in [1.807, 2.05) is 6.92 Å². The van der Waals surface area contributed by atoms with Crippen LogP contribution in [0.4, 0.5) is 14.5 Å². The summed E-state index contributed by atoms with van der Waals surface area (Å²) < 4.78 is 32.0. The average molecular weight is 295 g/mol. The van der Waals surface area contributed by atoms with E-state index < -0.39 is 23.2 Å². The van der Waals surface area contributed by atoms with Gasteiger partial charge in [0.1, 0.15) is 23.1 Å². The molecule has 0 spiro atoms. The second-order valence-corrected chi connectivity index (χ2v) is 4.32. The minimum atomic E-state index is -0.816. The molecule has 1 amide bonds. The van der Waals surface area contributed by atoms with Gasteiger partial charge < -0.3 is 9.73 Å². The van der Waals surface area contributed by atoms with E-state index in [1.165, 1.54) is 6.07 Å². The van der Waals surface area contributed by atoms with Crippen LogP contribution in [0.25, 0.3) is 0 Å². The van der Waals surface area contributed by atoms with Crippen molar-refractivity contribution in [3.63, 3.8) is 0 Å². The number of rotatable bonds is 6. The number of benzene rings is 1. The molecule has 0 unspecified atom stereocenters. The standard InChI is InChI=1S/C14H15F2N3O2/c1-2-9-6-18-13(21-9)8-17-7-12(20)19-14-10(15)4-3-5-11(14)16/h3-6,17H,2,7-8H2,1H3,(H,19,20). The second-order valence-electron chi connectivity index (χ2n) is 4.32. The van der Waals surface area contributed by atoms with Crippen LogP contribution in [0.5, 0.6) is 0 Å². The fraction of sp³-hybridized carbons (Fsp3) is 0.286. The van der Waals surface area contributed by atoms with Crippen molar-refractivity contribution in [2.24, 2.45) is 0 Å². The topological polar surface area (TPSA) is 67.2 Å². The van der Waals surface area contributed by atoms with Crippen LogP contribution in [-0.2, 0) is 17.8 Å². The molecular formula is C14H15F2N3O2. The highest BCUT2D eigenvalue weighted by molar-refractivity contribution is 5.92. The molecule has 0 fully saturated rings. The van der Waals surface area contributed by atoms with Gasteiger partial charge in [-0.15, -0.1) is 0 Å². The summed E-state index contributed by atoms with van der Waals surface area (Å²) in [6, 6.07) is 3.38. The lowest BCUT2D eigenvalue weighted by atomic mass is 10.3. The van der Waals surface area contributed by atoms with Crippen LogP contribution in [0.1, 0.15) is 18.6 Å². The largest absolute Gasteiger partial charge is 0.444 e. The number of oxazole rings is 1.